The van der Waals surface area contributed by atoms with E-state index >= 15 is 0 Å². The van der Waals surface area contributed by atoms with Gasteiger partial charge in [-0.3, -0.25) is 4.98 Å². The Kier molecular flexibility index (Phi) is 3.51. The Morgan fingerprint density at radius 2 is 1.57 bits per heavy atom. The van der Waals surface area contributed by atoms with E-state index in [-0.39, 0.29) is 0 Å². The Morgan fingerprint density at radius 1 is 0.905 bits per heavy atom. The molecule has 0 amide bonds. The standard InChI is InChI=1S/C17H15N3O/c1-12-17(19-11-16(18)20-12)13-7-9-15(10-8-13)21-14-5-3-2-4-6-14/h2-11H,1H3,(H2,18,20). The number of para-hydroxylation sites is 1. The number of benzene rings is 2. The fourth-order valence-electron chi connectivity index (χ4n) is 2.09. The van der Waals surface area contributed by atoms with E-state index in [4.69, 9.17) is 10.5 Å². The van der Waals surface area contributed by atoms with E-state index in [2.05, 4.69) is 9.97 Å². The Morgan fingerprint density at radius 3 is 2.24 bits per heavy atom. The van der Waals surface area contributed by atoms with E-state index < -0.39 is 0 Å². The van der Waals surface area contributed by atoms with Crippen molar-refractivity contribution in [1.82, 2.24) is 9.97 Å². The molecule has 0 unspecified atom stereocenters. The predicted octanol–water partition coefficient (Wildman–Crippen LogP) is 3.83. The van der Waals surface area contributed by atoms with Crippen molar-refractivity contribution >= 4 is 5.82 Å². The summed E-state index contributed by atoms with van der Waals surface area (Å²) in [6.45, 7) is 1.90. The highest BCUT2D eigenvalue weighted by atomic mass is 16.5. The number of hydrogen-bond donors (Lipinski definition) is 1. The maximum atomic E-state index is 5.76. The van der Waals surface area contributed by atoms with E-state index in [0.717, 1.165) is 28.5 Å². The monoisotopic (exact) mass is 277 g/mol. The van der Waals surface area contributed by atoms with Crippen LogP contribution < -0.4 is 10.5 Å². The summed E-state index contributed by atoms with van der Waals surface area (Å²) in [5.41, 5.74) is 8.25. The highest BCUT2D eigenvalue weighted by Gasteiger charge is 2.06. The fraction of sp³-hybridized carbons (Fsp3) is 0.0588. The van der Waals surface area contributed by atoms with Gasteiger partial charge in [-0.1, -0.05) is 18.2 Å². The van der Waals surface area contributed by atoms with E-state index in [9.17, 15) is 0 Å². The molecule has 0 spiro atoms. The number of aryl methyl sites for hydroxylation is 1. The molecule has 2 N–H and O–H groups in total. The summed E-state index contributed by atoms with van der Waals surface area (Å²) in [5.74, 6) is 2.03. The van der Waals surface area contributed by atoms with Crippen LogP contribution >= 0.6 is 0 Å². The largest absolute Gasteiger partial charge is 0.457 e. The minimum atomic E-state index is 0.431. The van der Waals surface area contributed by atoms with Crippen LogP contribution in [0.3, 0.4) is 0 Å². The normalized spacial score (nSPS) is 10.3. The highest BCUT2D eigenvalue weighted by molar-refractivity contribution is 5.63. The van der Waals surface area contributed by atoms with Crippen LogP contribution in [0.2, 0.25) is 0 Å². The summed E-state index contributed by atoms with van der Waals surface area (Å²) in [4.78, 5) is 8.56. The number of rotatable bonds is 3. The summed E-state index contributed by atoms with van der Waals surface area (Å²) in [6, 6.07) is 17.4. The summed E-state index contributed by atoms with van der Waals surface area (Å²) < 4.78 is 5.76. The van der Waals surface area contributed by atoms with Crippen molar-refractivity contribution in [2.75, 3.05) is 5.73 Å². The maximum Gasteiger partial charge on any atom is 0.142 e. The van der Waals surface area contributed by atoms with Crippen LogP contribution in [-0.4, -0.2) is 9.97 Å². The van der Waals surface area contributed by atoms with Gasteiger partial charge in [0.2, 0.25) is 0 Å². The van der Waals surface area contributed by atoms with Gasteiger partial charge in [0.1, 0.15) is 17.3 Å². The molecule has 4 heteroatoms. The molecule has 4 nitrogen and oxygen atoms in total. The van der Waals surface area contributed by atoms with Crippen molar-refractivity contribution in [3.8, 4) is 22.8 Å². The summed E-state index contributed by atoms with van der Waals surface area (Å²) in [7, 11) is 0. The molecule has 0 atom stereocenters. The Labute approximate surface area is 123 Å². The van der Waals surface area contributed by atoms with Crippen molar-refractivity contribution < 1.29 is 4.74 Å². The summed E-state index contributed by atoms with van der Waals surface area (Å²) >= 11 is 0. The van der Waals surface area contributed by atoms with Crippen molar-refractivity contribution in [3.63, 3.8) is 0 Å². The summed E-state index contributed by atoms with van der Waals surface area (Å²) in [6.07, 6.45) is 1.57. The molecule has 3 aromatic rings. The number of nitrogens with zero attached hydrogens (tertiary/aromatic N) is 2. The Balaban J connectivity index is 1.84. The lowest BCUT2D eigenvalue weighted by Crippen LogP contribution is -1.97. The smallest absolute Gasteiger partial charge is 0.142 e. The van der Waals surface area contributed by atoms with Gasteiger partial charge in [0, 0.05) is 5.56 Å². The van der Waals surface area contributed by atoms with Gasteiger partial charge in [0.15, 0.2) is 0 Å². The van der Waals surface area contributed by atoms with Crippen molar-refractivity contribution in [2.24, 2.45) is 0 Å². The number of aromatic nitrogens is 2. The third-order valence-electron chi connectivity index (χ3n) is 3.07. The lowest BCUT2D eigenvalue weighted by Gasteiger charge is -2.08. The van der Waals surface area contributed by atoms with E-state index in [0.29, 0.717) is 5.82 Å². The molecule has 0 saturated carbocycles. The van der Waals surface area contributed by atoms with Gasteiger partial charge in [-0.25, -0.2) is 4.98 Å². The summed E-state index contributed by atoms with van der Waals surface area (Å²) in [5, 5.41) is 0. The third-order valence-corrected chi connectivity index (χ3v) is 3.07. The molecule has 1 aromatic heterocycles. The molecule has 21 heavy (non-hydrogen) atoms. The van der Waals surface area contributed by atoms with Crippen molar-refractivity contribution in [1.29, 1.82) is 0 Å². The Hall–Kier alpha value is -2.88. The number of ether oxygens (including phenoxy) is 1. The fourth-order valence-corrected chi connectivity index (χ4v) is 2.09. The second-order valence-corrected chi connectivity index (χ2v) is 4.67. The molecular formula is C17H15N3O. The van der Waals surface area contributed by atoms with Crippen LogP contribution in [0.4, 0.5) is 5.82 Å². The van der Waals surface area contributed by atoms with Crippen molar-refractivity contribution in [2.45, 2.75) is 6.92 Å². The minimum Gasteiger partial charge on any atom is -0.457 e. The first kappa shape index (κ1) is 13.1. The average Bonchev–Trinajstić information content (AvgIpc) is 2.49. The maximum absolute atomic E-state index is 5.76. The van der Waals surface area contributed by atoms with E-state index in [1.54, 1.807) is 6.20 Å². The van der Waals surface area contributed by atoms with E-state index in [1.807, 2.05) is 61.5 Å². The molecule has 0 saturated heterocycles. The Bertz CT molecular complexity index is 740. The first-order valence-corrected chi connectivity index (χ1v) is 6.65. The molecule has 0 aliphatic heterocycles. The SMILES string of the molecule is Cc1nc(N)cnc1-c1ccc(Oc2ccccc2)cc1. The van der Waals surface area contributed by atoms with Crippen LogP contribution in [0.25, 0.3) is 11.3 Å². The lowest BCUT2D eigenvalue weighted by molar-refractivity contribution is 0.483. The van der Waals surface area contributed by atoms with Gasteiger partial charge < -0.3 is 10.5 Å². The van der Waals surface area contributed by atoms with Gasteiger partial charge in [0.05, 0.1) is 17.6 Å². The average molecular weight is 277 g/mol. The molecule has 3 rings (SSSR count). The number of anilines is 1. The first-order chi connectivity index (χ1) is 10.2. The second-order valence-electron chi connectivity index (χ2n) is 4.67. The van der Waals surface area contributed by atoms with Gasteiger partial charge in [-0.2, -0.15) is 0 Å². The first-order valence-electron chi connectivity index (χ1n) is 6.65. The van der Waals surface area contributed by atoms with Gasteiger partial charge in [-0.15, -0.1) is 0 Å². The molecule has 0 aliphatic carbocycles. The molecule has 0 aliphatic rings. The van der Waals surface area contributed by atoms with Gasteiger partial charge in [-0.05, 0) is 43.3 Å². The molecule has 0 bridgehead atoms. The van der Waals surface area contributed by atoms with Crippen LogP contribution in [0.5, 0.6) is 11.5 Å². The molecule has 104 valence electrons. The zero-order valence-electron chi connectivity index (χ0n) is 11.7. The number of nitrogens with two attached hydrogens (primary N) is 1. The second kappa shape index (κ2) is 5.63. The van der Waals surface area contributed by atoms with Gasteiger partial charge >= 0.3 is 0 Å². The van der Waals surface area contributed by atoms with Crippen LogP contribution in [0.15, 0.2) is 60.8 Å². The van der Waals surface area contributed by atoms with Crippen LogP contribution in [0.1, 0.15) is 5.69 Å². The zero-order chi connectivity index (χ0) is 14.7. The molecule has 1 heterocycles. The third kappa shape index (κ3) is 3.00. The minimum absolute atomic E-state index is 0.431. The molecule has 0 radical (unpaired) electrons. The van der Waals surface area contributed by atoms with Crippen LogP contribution in [0, 0.1) is 6.92 Å². The van der Waals surface area contributed by atoms with Crippen LogP contribution in [-0.2, 0) is 0 Å². The van der Waals surface area contributed by atoms with E-state index in [1.165, 1.54) is 0 Å². The van der Waals surface area contributed by atoms with Crippen molar-refractivity contribution in [3.05, 3.63) is 66.5 Å². The predicted molar refractivity (Wildman–Crippen MR) is 83.1 cm³/mol. The number of hydrogen-bond acceptors (Lipinski definition) is 4. The molecular weight excluding hydrogens is 262 g/mol. The van der Waals surface area contributed by atoms with Gasteiger partial charge in [0.25, 0.3) is 0 Å². The zero-order valence-corrected chi connectivity index (χ0v) is 11.7. The highest BCUT2D eigenvalue weighted by Crippen LogP contribution is 2.26. The number of nitrogen functional groups attached to an aromatic ring is 1. The molecule has 0 fully saturated rings. The molecule has 2 aromatic carbocycles. The topological polar surface area (TPSA) is 61.0 Å². The lowest BCUT2D eigenvalue weighted by atomic mass is 10.1. The quantitative estimate of drug-likeness (QED) is 0.790.